The number of nitrogens with zero attached hydrogens (tertiary/aromatic N) is 2. The third-order valence-corrected chi connectivity index (χ3v) is 6.04. The predicted octanol–water partition coefficient (Wildman–Crippen LogP) is 4.66. The van der Waals surface area contributed by atoms with E-state index >= 15 is 0 Å². The van der Waals surface area contributed by atoms with Crippen molar-refractivity contribution in [3.8, 4) is 0 Å². The third-order valence-electron chi connectivity index (χ3n) is 3.94. The summed E-state index contributed by atoms with van der Waals surface area (Å²) < 4.78 is 0. The predicted molar refractivity (Wildman–Crippen MR) is 102 cm³/mol. The Labute approximate surface area is 149 Å². The Morgan fingerprint density at radius 2 is 2.00 bits per heavy atom. The third kappa shape index (κ3) is 3.44. The molecule has 24 heavy (non-hydrogen) atoms. The van der Waals surface area contributed by atoms with Gasteiger partial charge in [-0.1, -0.05) is 23.9 Å². The highest BCUT2D eigenvalue weighted by Crippen LogP contribution is 2.34. The normalized spacial score (nSPS) is 11.0. The Morgan fingerprint density at radius 3 is 2.79 bits per heavy atom. The number of aromatic nitrogens is 2. The van der Waals surface area contributed by atoms with Crippen LogP contribution in [0.3, 0.4) is 0 Å². The van der Waals surface area contributed by atoms with Crippen molar-refractivity contribution in [1.82, 2.24) is 9.97 Å². The minimum Gasteiger partial charge on any atom is -0.325 e. The molecule has 6 heteroatoms. The molecule has 0 bridgehead atoms. The van der Waals surface area contributed by atoms with Crippen LogP contribution in [0.5, 0.6) is 0 Å². The van der Waals surface area contributed by atoms with E-state index < -0.39 is 0 Å². The minimum atomic E-state index is -0.0231. The number of benzene rings is 1. The quantitative estimate of drug-likeness (QED) is 0.545. The van der Waals surface area contributed by atoms with E-state index in [0.29, 0.717) is 5.75 Å². The van der Waals surface area contributed by atoms with Crippen molar-refractivity contribution in [3.63, 3.8) is 0 Å². The average molecular weight is 358 g/mol. The van der Waals surface area contributed by atoms with Crippen molar-refractivity contribution in [3.05, 3.63) is 46.1 Å². The number of carbonyl (C=O) groups excluding carboxylic acids is 1. The highest BCUT2D eigenvalue weighted by Gasteiger charge is 2.14. The molecule has 124 valence electrons. The molecule has 2 heterocycles. The number of fused-ring (bicyclic) bond motifs is 1. The number of carbonyl (C=O) groups is 1. The maximum atomic E-state index is 12.3. The summed E-state index contributed by atoms with van der Waals surface area (Å²) in [6.45, 7) is 8.18. The average Bonchev–Trinajstić information content (AvgIpc) is 2.84. The van der Waals surface area contributed by atoms with Crippen molar-refractivity contribution in [2.24, 2.45) is 0 Å². The van der Waals surface area contributed by atoms with Gasteiger partial charge in [0.2, 0.25) is 5.91 Å². The second kappa shape index (κ2) is 6.91. The van der Waals surface area contributed by atoms with Crippen LogP contribution in [-0.4, -0.2) is 21.6 Å². The minimum absolute atomic E-state index is 0.0231. The summed E-state index contributed by atoms with van der Waals surface area (Å²) >= 11 is 3.13. The number of hydrogen-bond acceptors (Lipinski definition) is 5. The Hall–Kier alpha value is -1.92. The molecule has 0 saturated carbocycles. The van der Waals surface area contributed by atoms with Gasteiger partial charge in [0.1, 0.15) is 16.2 Å². The smallest absolute Gasteiger partial charge is 0.234 e. The van der Waals surface area contributed by atoms with Gasteiger partial charge in [0.25, 0.3) is 0 Å². The van der Waals surface area contributed by atoms with Crippen LogP contribution >= 0.6 is 23.1 Å². The van der Waals surface area contributed by atoms with Gasteiger partial charge in [0.05, 0.1) is 5.75 Å². The maximum absolute atomic E-state index is 12.3. The Bertz CT molecular complexity index is 918. The summed E-state index contributed by atoms with van der Waals surface area (Å²) in [6.07, 6.45) is 1.57. The van der Waals surface area contributed by atoms with Gasteiger partial charge in [-0.05, 0) is 50.5 Å². The summed E-state index contributed by atoms with van der Waals surface area (Å²) in [5, 5.41) is 4.94. The molecule has 3 rings (SSSR count). The van der Waals surface area contributed by atoms with Gasteiger partial charge in [-0.25, -0.2) is 9.97 Å². The number of aryl methyl sites for hydroxylation is 4. The molecule has 0 radical (unpaired) electrons. The van der Waals surface area contributed by atoms with Crippen LogP contribution < -0.4 is 5.32 Å². The van der Waals surface area contributed by atoms with E-state index in [4.69, 9.17) is 0 Å². The van der Waals surface area contributed by atoms with Crippen molar-refractivity contribution in [2.75, 3.05) is 11.1 Å². The summed E-state index contributed by atoms with van der Waals surface area (Å²) in [7, 11) is 0. The SMILES string of the molecule is Cc1ccc(C)c(NC(=O)CSc2ncnc3sc(C)c(C)c23)c1. The van der Waals surface area contributed by atoms with Gasteiger partial charge in [0, 0.05) is 16.0 Å². The fraction of sp³-hybridized carbons (Fsp3) is 0.278. The molecule has 0 saturated heterocycles. The molecule has 1 aromatic carbocycles. The van der Waals surface area contributed by atoms with E-state index in [1.54, 1.807) is 17.7 Å². The number of thioether (sulfide) groups is 1. The number of thiophene rings is 1. The number of rotatable bonds is 4. The molecule has 0 fully saturated rings. The van der Waals surface area contributed by atoms with E-state index in [0.717, 1.165) is 32.1 Å². The second-order valence-electron chi connectivity index (χ2n) is 5.80. The molecule has 0 spiro atoms. The van der Waals surface area contributed by atoms with E-state index in [-0.39, 0.29) is 5.91 Å². The first kappa shape index (κ1) is 16.9. The van der Waals surface area contributed by atoms with Crippen LogP contribution in [0.2, 0.25) is 0 Å². The van der Waals surface area contributed by atoms with Gasteiger partial charge < -0.3 is 5.32 Å². The number of anilines is 1. The van der Waals surface area contributed by atoms with Gasteiger partial charge in [0.15, 0.2) is 0 Å². The second-order valence-corrected chi connectivity index (χ2v) is 7.96. The molecular formula is C18H19N3OS2. The summed E-state index contributed by atoms with van der Waals surface area (Å²) in [6, 6.07) is 6.05. The first-order valence-electron chi connectivity index (χ1n) is 7.66. The highest BCUT2D eigenvalue weighted by molar-refractivity contribution is 8.00. The van der Waals surface area contributed by atoms with Crippen molar-refractivity contribution >= 4 is 44.9 Å². The number of nitrogens with one attached hydrogen (secondary N) is 1. The molecule has 0 aliphatic rings. The van der Waals surface area contributed by atoms with Crippen molar-refractivity contribution < 1.29 is 4.79 Å². The van der Waals surface area contributed by atoms with E-state index in [9.17, 15) is 4.79 Å². The van der Waals surface area contributed by atoms with Crippen molar-refractivity contribution in [2.45, 2.75) is 32.7 Å². The van der Waals surface area contributed by atoms with Crippen LogP contribution in [0.4, 0.5) is 5.69 Å². The summed E-state index contributed by atoms with van der Waals surface area (Å²) in [5.41, 5.74) is 4.27. The molecule has 0 unspecified atom stereocenters. The van der Waals surface area contributed by atoms with Crippen LogP contribution in [-0.2, 0) is 4.79 Å². The molecule has 1 N–H and O–H groups in total. The molecule has 2 aromatic heterocycles. The van der Waals surface area contributed by atoms with E-state index in [1.165, 1.54) is 22.2 Å². The van der Waals surface area contributed by atoms with Crippen LogP contribution in [0, 0.1) is 27.7 Å². The summed E-state index contributed by atoms with van der Waals surface area (Å²) in [4.78, 5) is 23.2. The topological polar surface area (TPSA) is 54.9 Å². The van der Waals surface area contributed by atoms with Gasteiger partial charge in [-0.2, -0.15) is 0 Å². The molecule has 1 amide bonds. The van der Waals surface area contributed by atoms with Crippen LogP contribution in [0.1, 0.15) is 21.6 Å². The lowest BCUT2D eigenvalue weighted by atomic mass is 10.1. The Balaban J connectivity index is 1.74. The first-order valence-corrected chi connectivity index (χ1v) is 9.46. The van der Waals surface area contributed by atoms with Crippen molar-refractivity contribution in [1.29, 1.82) is 0 Å². The van der Waals surface area contributed by atoms with Gasteiger partial charge >= 0.3 is 0 Å². The molecule has 0 aliphatic heterocycles. The number of amides is 1. The zero-order valence-corrected chi connectivity index (χ0v) is 15.8. The lowest BCUT2D eigenvalue weighted by Gasteiger charge is -2.09. The molecule has 0 aliphatic carbocycles. The van der Waals surface area contributed by atoms with E-state index in [2.05, 4.69) is 29.1 Å². The maximum Gasteiger partial charge on any atom is 0.234 e. The van der Waals surface area contributed by atoms with E-state index in [1.807, 2.05) is 32.0 Å². The molecule has 4 nitrogen and oxygen atoms in total. The van der Waals surface area contributed by atoms with Gasteiger partial charge in [-0.15, -0.1) is 11.3 Å². The zero-order chi connectivity index (χ0) is 17.3. The monoisotopic (exact) mass is 357 g/mol. The largest absolute Gasteiger partial charge is 0.325 e. The highest BCUT2D eigenvalue weighted by atomic mass is 32.2. The lowest BCUT2D eigenvalue weighted by Crippen LogP contribution is -2.15. The lowest BCUT2D eigenvalue weighted by molar-refractivity contribution is -0.113. The van der Waals surface area contributed by atoms with Gasteiger partial charge in [-0.3, -0.25) is 4.79 Å². The standard InChI is InChI=1S/C18H19N3OS2/c1-10-5-6-11(2)14(7-10)21-15(22)8-23-17-16-12(3)13(4)24-18(16)20-9-19-17/h5-7,9H,8H2,1-4H3,(H,21,22). The molecular weight excluding hydrogens is 338 g/mol. The molecule has 0 atom stereocenters. The molecule has 3 aromatic rings. The Morgan fingerprint density at radius 1 is 1.21 bits per heavy atom. The van der Waals surface area contributed by atoms with Crippen LogP contribution in [0.25, 0.3) is 10.2 Å². The van der Waals surface area contributed by atoms with Crippen LogP contribution in [0.15, 0.2) is 29.6 Å². The fourth-order valence-corrected chi connectivity index (χ4v) is 4.37. The Kier molecular flexibility index (Phi) is 4.87. The summed E-state index contributed by atoms with van der Waals surface area (Å²) in [5.74, 6) is 0.304. The number of hydrogen-bond donors (Lipinski definition) is 1. The fourth-order valence-electron chi connectivity index (χ4n) is 2.45. The zero-order valence-electron chi connectivity index (χ0n) is 14.1. The first-order chi connectivity index (χ1) is 11.5.